The predicted octanol–water partition coefficient (Wildman–Crippen LogP) is 1.58. The lowest BCUT2D eigenvalue weighted by Crippen LogP contribution is -2.45. The number of H-pyrrole nitrogens is 1. The monoisotopic (exact) mass is 362 g/mol. The van der Waals surface area contributed by atoms with Crippen LogP contribution in [0, 0.1) is 17.7 Å². The summed E-state index contributed by atoms with van der Waals surface area (Å²) in [6.45, 7) is 3.92. The number of fused-ring (bicyclic) bond motifs is 1. The van der Waals surface area contributed by atoms with E-state index in [1.54, 1.807) is 12.1 Å². The number of halogens is 1. The molecule has 3 N–H and O–H groups in total. The molecule has 1 saturated heterocycles. The maximum absolute atomic E-state index is 14.2. The Kier molecular flexibility index (Phi) is 5.22. The van der Waals surface area contributed by atoms with Crippen LogP contribution in [0.5, 0.6) is 0 Å². The highest BCUT2D eigenvalue weighted by molar-refractivity contribution is 6.05. The Labute approximate surface area is 150 Å². The van der Waals surface area contributed by atoms with Crippen LogP contribution in [0.2, 0.25) is 0 Å². The van der Waals surface area contributed by atoms with Gasteiger partial charge in [-0.2, -0.15) is 5.10 Å². The quantitative estimate of drug-likeness (QED) is 0.727. The average Bonchev–Trinajstić information content (AvgIpc) is 3.23. The Hall–Kier alpha value is -2.48. The van der Waals surface area contributed by atoms with Crippen LogP contribution in [0.25, 0.3) is 10.9 Å². The third-order valence-corrected chi connectivity index (χ3v) is 5.13. The molecule has 0 saturated carbocycles. The molecule has 2 heterocycles. The minimum atomic E-state index is -0.556. The van der Waals surface area contributed by atoms with E-state index in [0.29, 0.717) is 5.52 Å². The van der Waals surface area contributed by atoms with Crippen molar-refractivity contribution in [1.82, 2.24) is 15.5 Å². The van der Waals surface area contributed by atoms with E-state index in [9.17, 15) is 19.1 Å². The highest BCUT2D eigenvalue weighted by Crippen LogP contribution is 2.31. The average molecular weight is 362 g/mol. The van der Waals surface area contributed by atoms with E-state index in [1.807, 2.05) is 13.8 Å². The minimum Gasteiger partial charge on any atom is -0.394 e. The molecule has 2 amide bonds. The fourth-order valence-electron chi connectivity index (χ4n) is 3.25. The maximum atomic E-state index is 14.2. The van der Waals surface area contributed by atoms with Crippen LogP contribution < -0.4 is 10.2 Å². The van der Waals surface area contributed by atoms with Gasteiger partial charge in [0.15, 0.2) is 5.82 Å². The van der Waals surface area contributed by atoms with E-state index in [0.717, 1.165) is 6.42 Å². The van der Waals surface area contributed by atoms with Crippen molar-refractivity contribution in [2.45, 2.75) is 32.7 Å². The van der Waals surface area contributed by atoms with Crippen LogP contribution >= 0.6 is 0 Å². The zero-order valence-electron chi connectivity index (χ0n) is 14.8. The molecule has 3 rings (SSSR count). The molecule has 1 aromatic heterocycles. The van der Waals surface area contributed by atoms with Crippen molar-refractivity contribution < 1.29 is 19.1 Å². The van der Waals surface area contributed by atoms with Crippen LogP contribution in [0.1, 0.15) is 26.7 Å². The van der Waals surface area contributed by atoms with Gasteiger partial charge in [0.1, 0.15) is 5.82 Å². The molecule has 0 aliphatic carbocycles. The fourth-order valence-corrected chi connectivity index (χ4v) is 3.25. The molecule has 1 aliphatic rings. The molecule has 1 fully saturated rings. The number of benzene rings is 1. The summed E-state index contributed by atoms with van der Waals surface area (Å²) in [6.07, 6.45) is 0.854. The lowest BCUT2D eigenvalue weighted by Gasteiger charge is -2.23. The first-order valence-corrected chi connectivity index (χ1v) is 8.80. The summed E-state index contributed by atoms with van der Waals surface area (Å²) in [5, 5.41) is 19.3. The Morgan fingerprint density at radius 1 is 1.54 bits per heavy atom. The summed E-state index contributed by atoms with van der Waals surface area (Å²) in [5.74, 6) is -1.24. The first-order valence-electron chi connectivity index (χ1n) is 8.80. The molecular weight excluding hydrogens is 339 g/mol. The molecule has 1 aromatic carbocycles. The van der Waals surface area contributed by atoms with Crippen molar-refractivity contribution in [2.75, 3.05) is 18.1 Å². The lowest BCUT2D eigenvalue weighted by atomic mass is 9.98. The molecule has 8 heteroatoms. The molecule has 1 aliphatic heterocycles. The Morgan fingerprint density at radius 2 is 2.31 bits per heavy atom. The molecule has 0 unspecified atom stereocenters. The van der Waals surface area contributed by atoms with Crippen molar-refractivity contribution >= 4 is 28.5 Å². The highest BCUT2D eigenvalue weighted by Gasteiger charge is 2.38. The summed E-state index contributed by atoms with van der Waals surface area (Å²) < 4.78 is 14.2. The second kappa shape index (κ2) is 7.41. The maximum Gasteiger partial charge on any atom is 0.229 e. The van der Waals surface area contributed by atoms with E-state index < -0.39 is 11.7 Å². The van der Waals surface area contributed by atoms with E-state index in [2.05, 4.69) is 15.5 Å². The number of rotatable bonds is 6. The van der Waals surface area contributed by atoms with Crippen LogP contribution in [0.4, 0.5) is 10.2 Å². The molecule has 0 bridgehead atoms. The third kappa shape index (κ3) is 3.29. The van der Waals surface area contributed by atoms with Gasteiger partial charge in [0.25, 0.3) is 0 Å². The molecule has 0 radical (unpaired) electrons. The normalized spacial score (nSPS) is 19.8. The summed E-state index contributed by atoms with van der Waals surface area (Å²) in [7, 11) is 0. The number of aromatic nitrogens is 2. The number of carbonyl (C=O) groups excluding carboxylic acids is 2. The van der Waals surface area contributed by atoms with Crippen molar-refractivity contribution in [3.8, 4) is 0 Å². The smallest absolute Gasteiger partial charge is 0.229 e. The molecule has 3 atom stereocenters. The lowest BCUT2D eigenvalue weighted by molar-refractivity contribution is -0.127. The second-order valence-corrected chi connectivity index (χ2v) is 6.80. The zero-order valence-corrected chi connectivity index (χ0v) is 14.8. The summed E-state index contributed by atoms with van der Waals surface area (Å²) in [5.41, 5.74) is 0.498. The zero-order chi connectivity index (χ0) is 18.8. The van der Waals surface area contributed by atoms with Gasteiger partial charge >= 0.3 is 0 Å². The van der Waals surface area contributed by atoms with E-state index >= 15 is 0 Å². The van der Waals surface area contributed by atoms with E-state index in [4.69, 9.17) is 0 Å². The molecule has 7 nitrogen and oxygen atoms in total. The minimum absolute atomic E-state index is 0.0350. The van der Waals surface area contributed by atoms with Gasteiger partial charge in [0.05, 0.1) is 29.5 Å². The van der Waals surface area contributed by atoms with Gasteiger partial charge in [-0.3, -0.25) is 19.6 Å². The second-order valence-electron chi connectivity index (χ2n) is 6.80. The first-order chi connectivity index (χ1) is 12.5. The molecule has 2 aromatic rings. The van der Waals surface area contributed by atoms with Crippen molar-refractivity contribution in [3.63, 3.8) is 0 Å². The SMILES string of the molecule is CC[C@H](C)[C@H](CO)NC(=O)[C@@H]1CC(=O)N(c2n[nH]c3cccc(F)c23)C1. The number of nitrogens with one attached hydrogen (secondary N) is 2. The fraction of sp³-hybridized carbons (Fsp3) is 0.500. The number of nitrogens with zero attached hydrogens (tertiary/aromatic N) is 2. The van der Waals surface area contributed by atoms with Gasteiger partial charge in [-0.1, -0.05) is 26.3 Å². The van der Waals surface area contributed by atoms with Gasteiger partial charge < -0.3 is 10.4 Å². The molecular formula is C18H23FN4O3. The van der Waals surface area contributed by atoms with Gasteiger partial charge in [-0.05, 0) is 18.1 Å². The summed E-state index contributed by atoms with van der Waals surface area (Å²) in [6, 6.07) is 4.20. The van der Waals surface area contributed by atoms with Crippen molar-refractivity contribution in [3.05, 3.63) is 24.0 Å². The number of hydrogen-bond acceptors (Lipinski definition) is 4. The number of aromatic amines is 1. The number of carbonyl (C=O) groups is 2. The Balaban J connectivity index is 1.77. The van der Waals surface area contributed by atoms with Gasteiger partial charge in [-0.15, -0.1) is 0 Å². The number of anilines is 1. The van der Waals surface area contributed by atoms with Crippen LogP contribution in [-0.2, 0) is 9.59 Å². The molecule has 26 heavy (non-hydrogen) atoms. The number of hydrogen-bond donors (Lipinski definition) is 3. The highest BCUT2D eigenvalue weighted by atomic mass is 19.1. The van der Waals surface area contributed by atoms with E-state index in [-0.39, 0.29) is 54.6 Å². The topological polar surface area (TPSA) is 98.3 Å². The Morgan fingerprint density at radius 3 is 3.00 bits per heavy atom. The summed E-state index contributed by atoms with van der Waals surface area (Å²) in [4.78, 5) is 26.3. The number of amides is 2. The van der Waals surface area contributed by atoms with Crippen LogP contribution in [-0.4, -0.2) is 46.3 Å². The van der Waals surface area contributed by atoms with Crippen LogP contribution in [0.15, 0.2) is 18.2 Å². The van der Waals surface area contributed by atoms with Crippen molar-refractivity contribution in [1.29, 1.82) is 0 Å². The first kappa shape index (κ1) is 18.3. The number of aliphatic hydroxyl groups is 1. The van der Waals surface area contributed by atoms with Crippen molar-refractivity contribution in [2.24, 2.45) is 11.8 Å². The van der Waals surface area contributed by atoms with Gasteiger partial charge in [0.2, 0.25) is 11.8 Å². The molecule has 140 valence electrons. The largest absolute Gasteiger partial charge is 0.394 e. The Bertz CT molecular complexity index is 822. The van der Waals surface area contributed by atoms with Crippen LogP contribution in [0.3, 0.4) is 0 Å². The van der Waals surface area contributed by atoms with Gasteiger partial charge in [-0.25, -0.2) is 4.39 Å². The van der Waals surface area contributed by atoms with Gasteiger partial charge in [0, 0.05) is 13.0 Å². The third-order valence-electron chi connectivity index (χ3n) is 5.13. The standard InChI is InChI=1S/C18H23FN4O3/c1-3-10(2)14(9-24)20-18(26)11-7-15(25)23(8-11)17-16-12(19)5-4-6-13(16)21-22-17/h4-6,10-11,14,24H,3,7-9H2,1-2H3,(H,20,26)(H,21,22)/t10-,11+,14-/m0/s1. The molecule has 0 spiro atoms. The predicted molar refractivity (Wildman–Crippen MR) is 95.0 cm³/mol. The summed E-state index contributed by atoms with van der Waals surface area (Å²) >= 11 is 0. The number of aliphatic hydroxyl groups excluding tert-OH is 1. The van der Waals surface area contributed by atoms with E-state index in [1.165, 1.54) is 11.0 Å².